The number of nitriles is 2. The van der Waals surface area contributed by atoms with Crippen LogP contribution in [0.4, 0.5) is 0 Å². The maximum absolute atomic E-state index is 9.11. The van der Waals surface area contributed by atoms with Crippen molar-refractivity contribution in [3.63, 3.8) is 0 Å². The average molecular weight is 310 g/mol. The quantitative estimate of drug-likeness (QED) is 0.829. The van der Waals surface area contributed by atoms with Gasteiger partial charge in [0.2, 0.25) is 0 Å². The van der Waals surface area contributed by atoms with Gasteiger partial charge in [-0.05, 0) is 37.1 Å². The molecule has 1 aromatic heterocycles. The monoisotopic (exact) mass is 310 g/mol. The van der Waals surface area contributed by atoms with E-state index in [1.54, 1.807) is 7.05 Å². The Hall–Kier alpha value is -2.57. The first-order valence-electron chi connectivity index (χ1n) is 7.76. The molecule has 1 aliphatic heterocycles. The van der Waals surface area contributed by atoms with Crippen LogP contribution in [0.15, 0.2) is 35.9 Å². The Bertz CT molecular complexity index is 609. The molecule has 2 rings (SSSR count). The number of hydrogen-bond donors (Lipinski definition) is 1. The fraction of sp³-hybridized carbons (Fsp3) is 0.471. The van der Waals surface area contributed by atoms with E-state index in [1.165, 1.54) is 5.56 Å². The van der Waals surface area contributed by atoms with E-state index in [-0.39, 0.29) is 11.6 Å². The summed E-state index contributed by atoms with van der Waals surface area (Å²) in [6.45, 7) is 2.87. The van der Waals surface area contributed by atoms with Gasteiger partial charge in [-0.3, -0.25) is 9.88 Å². The number of nitrogens with zero attached hydrogens (tertiary/aromatic N) is 5. The highest BCUT2D eigenvalue weighted by atomic mass is 15.3. The smallest absolute Gasteiger partial charge is 0.169 e. The van der Waals surface area contributed by atoms with Crippen LogP contribution in [0, 0.1) is 22.7 Å². The second-order valence-corrected chi connectivity index (χ2v) is 5.69. The van der Waals surface area contributed by atoms with Gasteiger partial charge in [0.15, 0.2) is 5.57 Å². The molecule has 0 spiro atoms. The predicted molar refractivity (Wildman–Crippen MR) is 87.6 cm³/mol. The molecule has 6 heteroatoms. The first-order chi connectivity index (χ1) is 11.2. The van der Waals surface area contributed by atoms with Crippen molar-refractivity contribution in [2.75, 3.05) is 27.2 Å². The standard InChI is InChI=1S/C17H22N6/c1-20-17(15(10-18)11-19)22(2)16-4-3-9-23(13-16)12-14-5-7-21-8-6-14/h5-8,16,20H,3-4,9,12-13H2,1-2H3. The zero-order valence-electron chi connectivity index (χ0n) is 13.7. The highest BCUT2D eigenvalue weighted by Gasteiger charge is 2.25. The molecule has 6 nitrogen and oxygen atoms in total. The van der Waals surface area contributed by atoms with Gasteiger partial charge in [0, 0.05) is 45.6 Å². The minimum atomic E-state index is 0.126. The van der Waals surface area contributed by atoms with Crippen molar-refractivity contribution in [2.45, 2.75) is 25.4 Å². The lowest BCUT2D eigenvalue weighted by Gasteiger charge is -2.39. The van der Waals surface area contributed by atoms with Gasteiger partial charge in [-0.15, -0.1) is 0 Å². The number of hydrogen-bond acceptors (Lipinski definition) is 6. The van der Waals surface area contributed by atoms with E-state index in [4.69, 9.17) is 10.5 Å². The number of rotatable bonds is 5. The fourth-order valence-corrected chi connectivity index (χ4v) is 3.03. The number of nitrogens with one attached hydrogen (secondary N) is 1. The lowest BCUT2D eigenvalue weighted by Crippen LogP contribution is -2.47. The van der Waals surface area contributed by atoms with E-state index in [2.05, 4.69) is 15.2 Å². The molecule has 1 fully saturated rings. The van der Waals surface area contributed by atoms with Crippen LogP contribution in [-0.2, 0) is 6.54 Å². The van der Waals surface area contributed by atoms with Crippen molar-refractivity contribution in [3.8, 4) is 12.1 Å². The Kier molecular flexibility index (Phi) is 5.96. The van der Waals surface area contributed by atoms with Gasteiger partial charge in [0.1, 0.15) is 18.0 Å². The molecule has 0 amide bonds. The molecule has 0 aliphatic carbocycles. The van der Waals surface area contributed by atoms with Crippen LogP contribution in [0.5, 0.6) is 0 Å². The number of piperidine rings is 1. The molecule has 0 radical (unpaired) electrons. The molecule has 0 bridgehead atoms. The van der Waals surface area contributed by atoms with Crippen molar-refractivity contribution in [3.05, 3.63) is 41.5 Å². The lowest BCUT2D eigenvalue weighted by molar-refractivity contribution is 0.127. The van der Waals surface area contributed by atoms with Crippen LogP contribution in [0.3, 0.4) is 0 Å². The summed E-state index contributed by atoms with van der Waals surface area (Å²) >= 11 is 0. The van der Waals surface area contributed by atoms with Crippen molar-refractivity contribution in [1.29, 1.82) is 10.5 Å². The topological polar surface area (TPSA) is 79.0 Å². The minimum Gasteiger partial charge on any atom is -0.373 e. The first-order valence-corrected chi connectivity index (χ1v) is 7.76. The molecular weight excluding hydrogens is 288 g/mol. The van der Waals surface area contributed by atoms with Gasteiger partial charge < -0.3 is 10.2 Å². The summed E-state index contributed by atoms with van der Waals surface area (Å²) in [5.41, 5.74) is 1.38. The van der Waals surface area contributed by atoms with Crippen molar-refractivity contribution >= 4 is 0 Å². The summed E-state index contributed by atoms with van der Waals surface area (Å²) in [6, 6.07) is 8.29. The lowest BCUT2D eigenvalue weighted by atomic mass is 10.0. The highest BCUT2D eigenvalue weighted by molar-refractivity contribution is 5.39. The van der Waals surface area contributed by atoms with E-state index >= 15 is 0 Å². The van der Waals surface area contributed by atoms with Crippen molar-refractivity contribution in [1.82, 2.24) is 20.1 Å². The summed E-state index contributed by atoms with van der Waals surface area (Å²) in [5.74, 6) is 0.603. The second kappa shape index (κ2) is 8.17. The fourth-order valence-electron chi connectivity index (χ4n) is 3.03. The van der Waals surface area contributed by atoms with Crippen LogP contribution in [0.1, 0.15) is 18.4 Å². The predicted octanol–water partition coefficient (Wildman–Crippen LogP) is 1.46. The normalized spacial score (nSPS) is 17.7. The molecule has 1 saturated heterocycles. The number of likely N-dealkylation sites (tertiary alicyclic amines) is 1. The maximum Gasteiger partial charge on any atom is 0.169 e. The Morgan fingerprint density at radius 2 is 2.09 bits per heavy atom. The molecule has 1 aromatic rings. The zero-order valence-corrected chi connectivity index (χ0v) is 13.7. The molecule has 1 N–H and O–H groups in total. The number of allylic oxidation sites excluding steroid dienone is 1. The van der Waals surface area contributed by atoms with Crippen LogP contribution in [0.25, 0.3) is 0 Å². The summed E-state index contributed by atoms with van der Waals surface area (Å²) in [7, 11) is 3.69. The molecule has 1 atom stereocenters. The molecule has 23 heavy (non-hydrogen) atoms. The van der Waals surface area contributed by atoms with Crippen LogP contribution in [0.2, 0.25) is 0 Å². The Labute approximate surface area is 137 Å². The number of likely N-dealkylation sites (N-methyl/N-ethyl adjacent to an activating group) is 1. The Morgan fingerprint density at radius 1 is 1.39 bits per heavy atom. The van der Waals surface area contributed by atoms with E-state index in [9.17, 15) is 0 Å². The second-order valence-electron chi connectivity index (χ2n) is 5.69. The molecule has 1 unspecified atom stereocenters. The van der Waals surface area contributed by atoms with Gasteiger partial charge in [0.05, 0.1) is 0 Å². The van der Waals surface area contributed by atoms with E-state index in [1.807, 2.05) is 48.6 Å². The van der Waals surface area contributed by atoms with E-state index in [0.29, 0.717) is 5.82 Å². The third-order valence-corrected chi connectivity index (χ3v) is 4.23. The van der Waals surface area contributed by atoms with Gasteiger partial charge in [0.25, 0.3) is 0 Å². The summed E-state index contributed by atoms with van der Waals surface area (Å²) in [5, 5.41) is 21.2. The van der Waals surface area contributed by atoms with Gasteiger partial charge in [-0.1, -0.05) is 0 Å². The largest absolute Gasteiger partial charge is 0.373 e. The summed E-state index contributed by atoms with van der Waals surface area (Å²) < 4.78 is 0. The van der Waals surface area contributed by atoms with Crippen LogP contribution < -0.4 is 5.32 Å². The molecule has 1 aliphatic rings. The maximum atomic E-state index is 9.11. The summed E-state index contributed by atoms with van der Waals surface area (Å²) in [6.07, 6.45) is 5.79. The van der Waals surface area contributed by atoms with Gasteiger partial charge in [-0.2, -0.15) is 10.5 Å². The van der Waals surface area contributed by atoms with E-state index in [0.717, 1.165) is 32.5 Å². The zero-order chi connectivity index (χ0) is 16.7. The first kappa shape index (κ1) is 16.8. The van der Waals surface area contributed by atoms with Crippen LogP contribution in [-0.4, -0.2) is 48.0 Å². The van der Waals surface area contributed by atoms with Crippen molar-refractivity contribution in [2.24, 2.45) is 0 Å². The molecule has 120 valence electrons. The SMILES string of the molecule is CNC(=C(C#N)C#N)N(C)C1CCCN(Cc2ccncc2)C1. The minimum absolute atomic E-state index is 0.126. The van der Waals surface area contributed by atoms with Gasteiger partial charge in [-0.25, -0.2) is 0 Å². The average Bonchev–Trinajstić information content (AvgIpc) is 2.60. The molecule has 0 saturated carbocycles. The third-order valence-electron chi connectivity index (χ3n) is 4.23. The summed E-state index contributed by atoms with van der Waals surface area (Å²) in [4.78, 5) is 8.49. The Balaban J connectivity index is 2.07. The molecular formula is C17H22N6. The van der Waals surface area contributed by atoms with Crippen LogP contribution >= 0.6 is 0 Å². The highest BCUT2D eigenvalue weighted by Crippen LogP contribution is 2.20. The van der Waals surface area contributed by atoms with Gasteiger partial charge >= 0.3 is 0 Å². The van der Waals surface area contributed by atoms with Crippen molar-refractivity contribution < 1.29 is 0 Å². The molecule has 0 aromatic carbocycles. The molecule has 2 heterocycles. The number of aromatic nitrogens is 1. The number of pyridine rings is 1. The van der Waals surface area contributed by atoms with E-state index < -0.39 is 0 Å². The Morgan fingerprint density at radius 3 is 2.70 bits per heavy atom. The third kappa shape index (κ3) is 4.21.